The predicted molar refractivity (Wildman–Crippen MR) is 96.5 cm³/mol. The molecule has 0 bridgehead atoms. The first kappa shape index (κ1) is 17.8. The molecule has 1 unspecified atom stereocenters. The molecule has 0 radical (unpaired) electrons. The van der Waals surface area contributed by atoms with Crippen LogP contribution >= 0.6 is 0 Å². The van der Waals surface area contributed by atoms with Crippen molar-refractivity contribution in [2.75, 3.05) is 26.7 Å². The number of methoxy groups -OCH3 is 1. The first-order valence-corrected chi connectivity index (χ1v) is 9.38. The fraction of sp³-hybridized carbons (Fsp3) is 0.600. The minimum atomic E-state index is 0.181. The van der Waals surface area contributed by atoms with Crippen LogP contribution in [-0.2, 0) is 16.0 Å². The average Bonchev–Trinajstić information content (AvgIpc) is 3.05. The van der Waals surface area contributed by atoms with Crippen LogP contribution in [0.25, 0.3) is 0 Å². The molecule has 0 aromatic heterocycles. The molecule has 2 aliphatic rings. The maximum Gasteiger partial charge on any atom is 0.223 e. The van der Waals surface area contributed by atoms with Crippen LogP contribution in [0.5, 0.6) is 5.75 Å². The average molecular weight is 344 g/mol. The van der Waals surface area contributed by atoms with Crippen molar-refractivity contribution in [2.24, 2.45) is 0 Å². The molecule has 5 nitrogen and oxygen atoms in total. The topological polar surface area (TPSA) is 49.9 Å². The third-order valence-corrected chi connectivity index (χ3v) is 5.35. The van der Waals surface area contributed by atoms with Gasteiger partial charge in [0.25, 0.3) is 0 Å². The number of para-hydroxylation sites is 1. The van der Waals surface area contributed by atoms with Crippen LogP contribution in [0.4, 0.5) is 0 Å². The molecular formula is C20H28N2O3. The smallest absolute Gasteiger partial charge is 0.223 e. The van der Waals surface area contributed by atoms with E-state index < -0.39 is 0 Å². The highest BCUT2D eigenvalue weighted by Crippen LogP contribution is 2.23. The number of rotatable bonds is 6. The number of likely N-dealkylation sites (tertiary alicyclic amines) is 2. The Kier molecular flexibility index (Phi) is 5.95. The molecule has 2 fully saturated rings. The molecule has 0 aliphatic carbocycles. The van der Waals surface area contributed by atoms with Gasteiger partial charge < -0.3 is 14.5 Å². The first-order chi connectivity index (χ1) is 12.2. The fourth-order valence-corrected chi connectivity index (χ4v) is 3.96. The summed E-state index contributed by atoms with van der Waals surface area (Å²) in [5, 5.41) is 0. The van der Waals surface area contributed by atoms with E-state index in [1.807, 2.05) is 34.1 Å². The monoisotopic (exact) mass is 344 g/mol. The van der Waals surface area contributed by atoms with Gasteiger partial charge in [0.15, 0.2) is 0 Å². The number of piperidine rings is 1. The first-order valence-electron chi connectivity index (χ1n) is 9.38. The summed E-state index contributed by atoms with van der Waals surface area (Å²) in [6.07, 6.45) is 6.00. The van der Waals surface area contributed by atoms with E-state index in [0.717, 1.165) is 50.1 Å². The van der Waals surface area contributed by atoms with Crippen molar-refractivity contribution in [1.29, 1.82) is 0 Å². The van der Waals surface area contributed by atoms with Gasteiger partial charge in [0.05, 0.1) is 7.11 Å². The molecule has 2 amide bonds. The van der Waals surface area contributed by atoms with Crippen LogP contribution in [0.2, 0.25) is 0 Å². The van der Waals surface area contributed by atoms with Crippen molar-refractivity contribution in [3.63, 3.8) is 0 Å². The van der Waals surface area contributed by atoms with Gasteiger partial charge in [-0.2, -0.15) is 0 Å². The molecule has 1 aromatic rings. The molecule has 2 heterocycles. The van der Waals surface area contributed by atoms with Crippen LogP contribution in [0.1, 0.15) is 44.1 Å². The van der Waals surface area contributed by atoms with Crippen molar-refractivity contribution in [1.82, 2.24) is 9.80 Å². The lowest BCUT2D eigenvalue weighted by atomic mass is 10.00. The van der Waals surface area contributed by atoms with E-state index in [-0.39, 0.29) is 17.9 Å². The predicted octanol–water partition coefficient (Wildman–Crippen LogP) is 2.63. The van der Waals surface area contributed by atoms with Crippen LogP contribution in [-0.4, -0.2) is 54.4 Å². The molecule has 5 heteroatoms. The molecule has 0 spiro atoms. The number of ether oxygens (including phenoxy) is 1. The van der Waals surface area contributed by atoms with E-state index in [2.05, 4.69) is 0 Å². The molecule has 1 aromatic carbocycles. The second kappa shape index (κ2) is 8.37. The number of carbonyl (C=O) groups is 2. The molecule has 1 atom stereocenters. The summed E-state index contributed by atoms with van der Waals surface area (Å²) in [6, 6.07) is 8.05. The van der Waals surface area contributed by atoms with Gasteiger partial charge in [0, 0.05) is 38.5 Å². The number of nitrogens with zero attached hydrogens (tertiary/aromatic N) is 2. The van der Waals surface area contributed by atoms with Crippen molar-refractivity contribution < 1.29 is 14.3 Å². The van der Waals surface area contributed by atoms with Crippen molar-refractivity contribution in [3.05, 3.63) is 29.8 Å². The van der Waals surface area contributed by atoms with E-state index in [9.17, 15) is 9.59 Å². The molecule has 2 saturated heterocycles. The molecule has 25 heavy (non-hydrogen) atoms. The molecule has 0 N–H and O–H groups in total. The van der Waals surface area contributed by atoms with Gasteiger partial charge in [-0.3, -0.25) is 9.59 Å². The normalized spacial score (nSPS) is 20.8. The zero-order valence-electron chi connectivity index (χ0n) is 15.1. The second-order valence-corrected chi connectivity index (χ2v) is 6.99. The number of aryl methyl sites for hydroxylation is 1. The third-order valence-electron chi connectivity index (χ3n) is 5.35. The molecule has 2 aliphatic heterocycles. The lowest BCUT2D eigenvalue weighted by molar-refractivity contribution is -0.137. The van der Waals surface area contributed by atoms with Gasteiger partial charge >= 0.3 is 0 Å². The van der Waals surface area contributed by atoms with Gasteiger partial charge in [-0.05, 0) is 43.7 Å². The van der Waals surface area contributed by atoms with Gasteiger partial charge in [-0.25, -0.2) is 0 Å². The Balaban J connectivity index is 1.59. The number of carbonyl (C=O) groups excluding carboxylic acids is 2. The number of amides is 2. The number of hydrogen-bond donors (Lipinski definition) is 0. The minimum Gasteiger partial charge on any atom is -0.496 e. The standard InChI is InChI=1S/C20H28N2O3/c1-25-18-9-3-2-7-16(18)11-12-20(24)22-14-5-4-8-17(22)15-21-13-6-10-19(21)23/h2-3,7,9,17H,4-6,8,10-15H2,1H3. The zero-order valence-corrected chi connectivity index (χ0v) is 15.1. The lowest BCUT2D eigenvalue weighted by Crippen LogP contribution is -2.49. The van der Waals surface area contributed by atoms with E-state index >= 15 is 0 Å². The summed E-state index contributed by atoms with van der Waals surface area (Å²) >= 11 is 0. The summed E-state index contributed by atoms with van der Waals surface area (Å²) in [6.45, 7) is 2.37. The number of hydrogen-bond acceptors (Lipinski definition) is 3. The van der Waals surface area contributed by atoms with Crippen molar-refractivity contribution in [3.8, 4) is 5.75 Å². The molecule has 3 rings (SSSR count). The second-order valence-electron chi connectivity index (χ2n) is 6.99. The van der Waals surface area contributed by atoms with Crippen LogP contribution in [0, 0.1) is 0 Å². The Bertz CT molecular complexity index is 617. The van der Waals surface area contributed by atoms with Gasteiger partial charge in [0.1, 0.15) is 5.75 Å². The van der Waals surface area contributed by atoms with E-state index in [1.165, 1.54) is 0 Å². The maximum absolute atomic E-state index is 12.8. The lowest BCUT2D eigenvalue weighted by Gasteiger charge is -2.38. The quantitative estimate of drug-likeness (QED) is 0.797. The summed E-state index contributed by atoms with van der Waals surface area (Å²) in [4.78, 5) is 28.7. The van der Waals surface area contributed by atoms with E-state index in [4.69, 9.17) is 4.74 Å². The zero-order chi connectivity index (χ0) is 17.6. The Morgan fingerprint density at radius 2 is 2.04 bits per heavy atom. The Labute approximate surface area is 149 Å². The minimum absolute atomic E-state index is 0.181. The van der Waals surface area contributed by atoms with Crippen LogP contribution in [0.15, 0.2) is 24.3 Å². The van der Waals surface area contributed by atoms with Crippen LogP contribution < -0.4 is 4.74 Å². The highest BCUT2D eigenvalue weighted by atomic mass is 16.5. The van der Waals surface area contributed by atoms with Gasteiger partial charge in [-0.1, -0.05) is 18.2 Å². The van der Waals surface area contributed by atoms with Crippen LogP contribution in [0.3, 0.4) is 0 Å². The third kappa shape index (κ3) is 4.33. The van der Waals surface area contributed by atoms with Crippen molar-refractivity contribution in [2.45, 2.75) is 51.0 Å². The van der Waals surface area contributed by atoms with Gasteiger partial charge in [-0.15, -0.1) is 0 Å². The largest absolute Gasteiger partial charge is 0.496 e. The Hall–Kier alpha value is -2.04. The van der Waals surface area contributed by atoms with Gasteiger partial charge in [0.2, 0.25) is 11.8 Å². The van der Waals surface area contributed by atoms with Crippen molar-refractivity contribution >= 4 is 11.8 Å². The molecule has 0 saturated carbocycles. The summed E-state index contributed by atoms with van der Waals surface area (Å²) in [5.41, 5.74) is 1.07. The van der Waals surface area contributed by atoms with E-state index in [1.54, 1.807) is 7.11 Å². The maximum atomic E-state index is 12.8. The van der Waals surface area contributed by atoms with E-state index in [0.29, 0.717) is 25.8 Å². The summed E-state index contributed by atoms with van der Waals surface area (Å²) in [5.74, 6) is 1.28. The fourth-order valence-electron chi connectivity index (χ4n) is 3.96. The summed E-state index contributed by atoms with van der Waals surface area (Å²) in [7, 11) is 1.66. The Morgan fingerprint density at radius 1 is 1.20 bits per heavy atom. The highest BCUT2D eigenvalue weighted by Gasteiger charge is 2.30. The highest BCUT2D eigenvalue weighted by molar-refractivity contribution is 5.79. The number of benzene rings is 1. The molecular weight excluding hydrogens is 316 g/mol. The molecule has 136 valence electrons. The Morgan fingerprint density at radius 3 is 2.80 bits per heavy atom. The summed E-state index contributed by atoms with van der Waals surface area (Å²) < 4.78 is 5.38. The SMILES string of the molecule is COc1ccccc1CCC(=O)N1CCCCC1CN1CCCC1=O.